The fraction of sp³-hybridized carbons (Fsp3) is 0.267. The van der Waals surface area contributed by atoms with Crippen LogP contribution in [0.3, 0.4) is 0 Å². The van der Waals surface area contributed by atoms with Gasteiger partial charge in [0.05, 0.1) is 18.3 Å². The fourth-order valence-corrected chi connectivity index (χ4v) is 1.96. The highest BCUT2D eigenvalue weighted by molar-refractivity contribution is 5.89. The number of benzene rings is 1. The lowest BCUT2D eigenvalue weighted by molar-refractivity contribution is 0.0697. The summed E-state index contributed by atoms with van der Waals surface area (Å²) >= 11 is 0. The zero-order valence-corrected chi connectivity index (χ0v) is 12.0. The molecule has 0 aliphatic carbocycles. The molecule has 1 heterocycles. The SMILES string of the molecule is CN(C[C@H](O)CO)c1ccnc(-c2cccc(C(=O)O)c2)n1. The van der Waals surface area contributed by atoms with E-state index in [2.05, 4.69) is 9.97 Å². The molecule has 3 N–H and O–H groups in total. The third kappa shape index (κ3) is 3.78. The van der Waals surface area contributed by atoms with Crippen LogP contribution < -0.4 is 4.90 Å². The number of hydrogen-bond acceptors (Lipinski definition) is 6. The first-order valence-corrected chi connectivity index (χ1v) is 6.68. The highest BCUT2D eigenvalue weighted by Crippen LogP contribution is 2.19. The molecule has 0 aliphatic heterocycles. The second kappa shape index (κ2) is 6.97. The maximum atomic E-state index is 11.0. The Morgan fingerprint density at radius 3 is 2.82 bits per heavy atom. The third-order valence-electron chi connectivity index (χ3n) is 3.10. The van der Waals surface area contributed by atoms with E-state index in [1.807, 2.05) is 0 Å². The molecule has 7 nitrogen and oxygen atoms in total. The maximum Gasteiger partial charge on any atom is 0.335 e. The first-order chi connectivity index (χ1) is 10.5. The van der Waals surface area contributed by atoms with Crippen LogP contribution in [0.25, 0.3) is 11.4 Å². The fourth-order valence-electron chi connectivity index (χ4n) is 1.96. The Morgan fingerprint density at radius 2 is 2.14 bits per heavy atom. The lowest BCUT2D eigenvalue weighted by Crippen LogP contribution is -2.31. The number of nitrogens with zero attached hydrogens (tertiary/aromatic N) is 3. The topological polar surface area (TPSA) is 107 Å². The lowest BCUT2D eigenvalue weighted by Gasteiger charge is -2.20. The molecule has 0 unspecified atom stereocenters. The van der Waals surface area contributed by atoms with Crippen LogP contribution in [-0.2, 0) is 0 Å². The molecule has 0 fully saturated rings. The zero-order chi connectivity index (χ0) is 16.1. The highest BCUT2D eigenvalue weighted by Gasteiger charge is 2.11. The second-order valence-corrected chi connectivity index (χ2v) is 4.84. The quantitative estimate of drug-likeness (QED) is 0.718. The van der Waals surface area contributed by atoms with Gasteiger partial charge in [-0.3, -0.25) is 0 Å². The molecule has 1 aromatic carbocycles. The van der Waals surface area contributed by atoms with E-state index in [-0.39, 0.29) is 18.7 Å². The number of carbonyl (C=O) groups is 1. The highest BCUT2D eigenvalue weighted by atomic mass is 16.4. The minimum Gasteiger partial charge on any atom is -0.478 e. The van der Waals surface area contributed by atoms with Gasteiger partial charge in [0, 0.05) is 25.4 Å². The van der Waals surface area contributed by atoms with Crippen molar-refractivity contribution in [1.29, 1.82) is 0 Å². The summed E-state index contributed by atoms with van der Waals surface area (Å²) in [5.41, 5.74) is 0.758. The maximum absolute atomic E-state index is 11.0. The van der Waals surface area contributed by atoms with Crippen LogP contribution in [0.4, 0.5) is 5.82 Å². The van der Waals surface area contributed by atoms with Gasteiger partial charge in [-0.2, -0.15) is 0 Å². The number of aromatic carboxylic acids is 1. The van der Waals surface area contributed by atoms with Crippen molar-refractivity contribution in [3.8, 4) is 11.4 Å². The lowest BCUT2D eigenvalue weighted by atomic mass is 10.1. The number of aromatic nitrogens is 2. The molecule has 2 rings (SSSR count). The summed E-state index contributed by atoms with van der Waals surface area (Å²) in [6, 6.07) is 8.04. The molecule has 0 spiro atoms. The Balaban J connectivity index is 2.28. The van der Waals surface area contributed by atoms with E-state index < -0.39 is 12.1 Å². The van der Waals surface area contributed by atoms with Gasteiger partial charge in [-0.15, -0.1) is 0 Å². The minimum absolute atomic E-state index is 0.163. The van der Waals surface area contributed by atoms with Crippen molar-refractivity contribution in [1.82, 2.24) is 9.97 Å². The van der Waals surface area contributed by atoms with Crippen LogP contribution in [0, 0.1) is 0 Å². The molecule has 1 atom stereocenters. The van der Waals surface area contributed by atoms with Crippen LogP contribution >= 0.6 is 0 Å². The molecule has 0 aliphatic rings. The Morgan fingerprint density at radius 1 is 1.36 bits per heavy atom. The van der Waals surface area contributed by atoms with E-state index in [9.17, 15) is 9.90 Å². The van der Waals surface area contributed by atoms with Gasteiger partial charge in [0.2, 0.25) is 0 Å². The molecule has 0 radical (unpaired) electrons. The predicted octanol–water partition coefficient (Wildman–Crippen LogP) is 0.631. The van der Waals surface area contributed by atoms with Gasteiger partial charge in [0.25, 0.3) is 0 Å². The number of likely N-dealkylation sites (N-methyl/N-ethyl adjacent to an activating group) is 1. The largest absolute Gasteiger partial charge is 0.478 e. The van der Waals surface area contributed by atoms with Crippen molar-refractivity contribution >= 4 is 11.8 Å². The van der Waals surface area contributed by atoms with Gasteiger partial charge in [0.15, 0.2) is 5.82 Å². The standard InChI is InChI=1S/C15H17N3O4/c1-18(8-12(20)9-19)13-5-6-16-14(17-13)10-3-2-4-11(7-10)15(21)22/h2-7,12,19-20H,8-9H2,1H3,(H,21,22)/t12-/m0/s1. The van der Waals surface area contributed by atoms with E-state index in [1.54, 1.807) is 36.3 Å². The van der Waals surface area contributed by atoms with Crippen molar-refractivity contribution < 1.29 is 20.1 Å². The molecule has 0 bridgehead atoms. The van der Waals surface area contributed by atoms with E-state index in [1.165, 1.54) is 12.1 Å². The van der Waals surface area contributed by atoms with Gasteiger partial charge in [0.1, 0.15) is 5.82 Å². The Hall–Kier alpha value is -2.51. The molecule has 2 aromatic rings. The smallest absolute Gasteiger partial charge is 0.335 e. The molecule has 0 saturated heterocycles. The number of carboxylic acid groups (broad SMARTS) is 1. The third-order valence-corrected chi connectivity index (χ3v) is 3.10. The Kier molecular flexibility index (Phi) is 5.03. The van der Waals surface area contributed by atoms with Crippen LogP contribution in [0.2, 0.25) is 0 Å². The monoisotopic (exact) mass is 303 g/mol. The van der Waals surface area contributed by atoms with Crippen LogP contribution in [-0.4, -0.2) is 57.6 Å². The summed E-state index contributed by atoms with van der Waals surface area (Å²) in [6.45, 7) is -0.106. The minimum atomic E-state index is -1.01. The summed E-state index contributed by atoms with van der Waals surface area (Å²) < 4.78 is 0. The van der Waals surface area contributed by atoms with E-state index in [4.69, 9.17) is 10.2 Å². The molecular weight excluding hydrogens is 286 g/mol. The molecule has 0 amide bonds. The van der Waals surface area contributed by atoms with Crippen molar-refractivity contribution in [3.63, 3.8) is 0 Å². The Bertz CT molecular complexity index is 663. The van der Waals surface area contributed by atoms with Crippen LogP contribution in [0.15, 0.2) is 36.5 Å². The van der Waals surface area contributed by atoms with E-state index >= 15 is 0 Å². The van der Waals surface area contributed by atoms with Gasteiger partial charge >= 0.3 is 5.97 Å². The summed E-state index contributed by atoms with van der Waals surface area (Å²) in [5, 5.41) is 27.4. The number of aliphatic hydroxyl groups is 2. The van der Waals surface area contributed by atoms with E-state index in [0.29, 0.717) is 17.2 Å². The molecule has 0 saturated carbocycles. The molecule has 7 heteroatoms. The predicted molar refractivity (Wildman–Crippen MR) is 80.8 cm³/mol. The summed E-state index contributed by atoms with van der Waals surface area (Å²) in [7, 11) is 1.73. The number of hydrogen-bond donors (Lipinski definition) is 3. The number of anilines is 1. The average molecular weight is 303 g/mol. The molecular formula is C15H17N3O4. The summed E-state index contributed by atoms with van der Waals surface area (Å²) in [6.07, 6.45) is 0.700. The summed E-state index contributed by atoms with van der Waals surface area (Å²) in [5.74, 6) is -0.0506. The first kappa shape index (κ1) is 15.9. The van der Waals surface area contributed by atoms with E-state index in [0.717, 1.165) is 0 Å². The Labute approximate surface area is 127 Å². The van der Waals surface area contributed by atoms with Crippen molar-refractivity contribution in [2.24, 2.45) is 0 Å². The zero-order valence-electron chi connectivity index (χ0n) is 12.0. The molecule has 116 valence electrons. The number of aliphatic hydroxyl groups excluding tert-OH is 2. The molecule has 1 aromatic heterocycles. The van der Waals surface area contributed by atoms with Crippen molar-refractivity contribution in [3.05, 3.63) is 42.1 Å². The molecule has 22 heavy (non-hydrogen) atoms. The van der Waals surface area contributed by atoms with Crippen LogP contribution in [0.1, 0.15) is 10.4 Å². The summed E-state index contributed by atoms with van der Waals surface area (Å²) in [4.78, 5) is 21.2. The van der Waals surface area contributed by atoms with Gasteiger partial charge < -0.3 is 20.2 Å². The van der Waals surface area contributed by atoms with Gasteiger partial charge in [-0.05, 0) is 18.2 Å². The number of carboxylic acids is 1. The van der Waals surface area contributed by atoms with Crippen molar-refractivity contribution in [2.75, 3.05) is 25.1 Å². The number of rotatable bonds is 6. The first-order valence-electron chi connectivity index (χ1n) is 6.68. The van der Waals surface area contributed by atoms with Gasteiger partial charge in [-0.25, -0.2) is 14.8 Å². The normalized spacial score (nSPS) is 12.0. The van der Waals surface area contributed by atoms with Gasteiger partial charge in [-0.1, -0.05) is 12.1 Å². The second-order valence-electron chi connectivity index (χ2n) is 4.84. The van der Waals surface area contributed by atoms with Crippen LogP contribution in [0.5, 0.6) is 0 Å². The van der Waals surface area contributed by atoms with Crippen molar-refractivity contribution in [2.45, 2.75) is 6.10 Å². The average Bonchev–Trinajstić information content (AvgIpc) is 2.54.